The average molecular weight is 224 g/mol. The van der Waals surface area contributed by atoms with Gasteiger partial charge in [0.25, 0.3) is 0 Å². The molecule has 1 rings (SSSR count). The minimum absolute atomic E-state index is 0.246. The number of hydrogen-bond acceptors (Lipinski definition) is 2. The van der Waals surface area contributed by atoms with Gasteiger partial charge in [-0.3, -0.25) is 0 Å². The summed E-state index contributed by atoms with van der Waals surface area (Å²) in [6.45, 7) is 6.04. The van der Waals surface area contributed by atoms with Crippen LogP contribution in [-0.2, 0) is 0 Å². The molecule has 0 aliphatic rings. The molecule has 1 unspecified atom stereocenters. The number of hydrogen-bond donors (Lipinski definition) is 2. The summed E-state index contributed by atoms with van der Waals surface area (Å²) in [7, 11) is 0. The van der Waals surface area contributed by atoms with Gasteiger partial charge in [-0.25, -0.2) is 4.39 Å². The fourth-order valence-electron chi connectivity index (χ4n) is 1.67. The highest BCUT2D eigenvalue weighted by atomic mass is 19.1. The van der Waals surface area contributed by atoms with Crippen molar-refractivity contribution in [1.29, 1.82) is 0 Å². The Morgan fingerprint density at radius 2 is 2.12 bits per heavy atom. The van der Waals surface area contributed by atoms with Gasteiger partial charge >= 0.3 is 0 Å². The standard InChI is InChI=1S/C13H21FN2/c1-4-5-6-10(3)16-13-7-9(2)11(14)8-12(13)15/h7-8,10,16H,4-6,15H2,1-3H3. The zero-order valence-corrected chi connectivity index (χ0v) is 10.3. The van der Waals surface area contributed by atoms with Crippen LogP contribution in [0.1, 0.15) is 38.7 Å². The number of aryl methyl sites for hydroxylation is 1. The molecule has 0 bridgehead atoms. The van der Waals surface area contributed by atoms with Gasteiger partial charge < -0.3 is 11.1 Å². The molecule has 1 aromatic carbocycles. The van der Waals surface area contributed by atoms with Gasteiger partial charge in [0.1, 0.15) is 5.82 Å². The first kappa shape index (κ1) is 12.8. The lowest BCUT2D eigenvalue weighted by molar-refractivity contribution is 0.618. The normalized spacial score (nSPS) is 12.5. The summed E-state index contributed by atoms with van der Waals surface area (Å²) in [4.78, 5) is 0. The van der Waals surface area contributed by atoms with E-state index >= 15 is 0 Å². The Balaban J connectivity index is 2.69. The second-order valence-corrected chi connectivity index (χ2v) is 4.38. The lowest BCUT2D eigenvalue weighted by atomic mass is 10.1. The number of rotatable bonds is 5. The van der Waals surface area contributed by atoms with Crippen LogP contribution in [0.15, 0.2) is 12.1 Å². The zero-order valence-electron chi connectivity index (χ0n) is 10.3. The molecule has 3 heteroatoms. The average Bonchev–Trinajstić information content (AvgIpc) is 2.23. The Morgan fingerprint density at radius 3 is 2.75 bits per heavy atom. The van der Waals surface area contributed by atoms with Crippen molar-refractivity contribution in [3.05, 3.63) is 23.5 Å². The molecule has 90 valence electrons. The van der Waals surface area contributed by atoms with Gasteiger partial charge in [0.05, 0.1) is 11.4 Å². The van der Waals surface area contributed by atoms with Crippen molar-refractivity contribution in [2.45, 2.75) is 46.1 Å². The van der Waals surface area contributed by atoms with E-state index in [1.165, 1.54) is 18.9 Å². The van der Waals surface area contributed by atoms with Gasteiger partial charge in [0.2, 0.25) is 0 Å². The monoisotopic (exact) mass is 224 g/mol. The number of nitrogen functional groups attached to an aromatic ring is 1. The van der Waals surface area contributed by atoms with Crippen LogP contribution in [0, 0.1) is 12.7 Å². The van der Waals surface area contributed by atoms with Gasteiger partial charge in [-0.1, -0.05) is 19.8 Å². The highest BCUT2D eigenvalue weighted by Crippen LogP contribution is 2.23. The van der Waals surface area contributed by atoms with Gasteiger partial charge in [-0.05, 0) is 38.0 Å². The van der Waals surface area contributed by atoms with Crippen LogP contribution in [0.2, 0.25) is 0 Å². The summed E-state index contributed by atoms with van der Waals surface area (Å²) in [5, 5.41) is 3.32. The molecular weight excluding hydrogens is 203 g/mol. The number of anilines is 2. The van der Waals surface area contributed by atoms with Crippen molar-refractivity contribution in [2.24, 2.45) is 0 Å². The Hall–Kier alpha value is -1.25. The molecular formula is C13H21FN2. The van der Waals surface area contributed by atoms with Crippen molar-refractivity contribution in [3.63, 3.8) is 0 Å². The number of nitrogens with two attached hydrogens (primary N) is 1. The molecule has 0 heterocycles. The molecule has 0 amide bonds. The molecule has 0 fully saturated rings. The first-order valence-electron chi connectivity index (χ1n) is 5.86. The predicted molar refractivity (Wildman–Crippen MR) is 68.2 cm³/mol. The third-order valence-electron chi connectivity index (χ3n) is 2.72. The fourth-order valence-corrected chi connectivity index (χ4v) is 1.67. The van der Waals surface area contributed by atoms with E-state index in [2.05, 4.69) is 19.2 Å². The second-order valence-electron chi connectivity index (χ2n) is 4.38. The summed E-state index contributed by atoms with van der Waals surface area (Å²) in [6, 6.07) is 3.52. The van der Waals surface area contributed by atoms with Crippen LogP contribution in [0.25, 0.3) is 0 Å². The van der Waals surface area contributed by atoms with Gasteiger partial charge in [-0.15, -0.1) is 0 Å². The third-order valence-corrected chi connectivity index (χ3v) is 2.72. The first-order chi connectivity index (χ1) is 7.54. The number of benzene rings is 1. The molecule has 16 heavy (non-hydrogen) atoms. The van der Waals surface area contributed by atoms with Crippen LogP contribution >= 0.6 is 0 Å². The Kier molecular flexibility index (Phi) is 4.59. The molecule has 0 aliphatic heterocycles. The minimum atomic E-state index is -0.246. The van der Waals surface area contributed by atoms with E-state index < -0.39 is 0 Å². The van der Waals surface area contributed by atoms with Crippen molar-refractivity contribution in [2.75, 3.05) is 11.1 Å². The largest absolute Gasteiger partial charge is 0.397 e. The lowest BCUT2D eigenvalue weighted by Gasteiger charge is -2.17. The van der Waals surface area contributed by atoms with Crippen molar-refractivity contribution in [1.82, 2.24) is 0 Å². The Bertz CT molecular complexity index is 350. The molecule has 3 N–H and O–H groups in total. The maximum atomic E-state index is 13.2. The third kappa shape index (κ3) is 3.40. The predicted octanol–water partition coefficient (Wildman–Crippen LogP) is 3.71. The van der Waals surface area contributed by atoms with Crippen molar-refractivity contribution < 1.29 is 4.39 Å². The van der Waals surface area contributed by atoms with Crippen LogP contribution in [0.3, 0.4) is 0 Å². The number of unbranched alkanes of at least 4 members (excludes halogenated alkanes) is 1. The number of halogens is 1. The molecule has 0 spiro atoms. The summed E-state index contributed by atoms with van der Waals surface area (Å²) in [6.07, 6.45) is 3.48. The molecule has 2 nitrogen and oxygen atoms in total. The Labute approximate surface area is 97.0 Å². The molecule has 1 atom stereocenters. The molecule has 0 aliphatic carbocycles. The quantitative estimate of drug-likeness (QED) is 0.748. The van der Waals surface area contributed by atoms with Crippen molar-refractivity contribution in [3.8, 4) is 0 Å². The van der Waals surface area contributed by atoms with Gasteiger partial charge in [0.15, 0.2) is 0 Å². The first-order valence-corrected chi connectivity index (χ1v) is 5.86. The summed E-state index contributed by atoms with van der Waals surface area (Å²) < 4.78 is 13.2. The lowest BCUT2D eigenvalue weighted by Crippen LogP contribution is -2.16. The SMILES string of the molecule is CCCCC(C)Nc1cc(C)c(F)cc1N. The number of nitrogens with one attached hydrogen (secondary N) is 1. The topological polar surface area (TPSA) is 38.0 Å². The Morgan fingerprint density at radius 1 is 1.44 bits per heavy atom. The zero-order chi connectivity index (χ0) is 12.1. The van der Waals surface area contributed by atoms with Crippen LogP contribution < -0.4 is 11.1 Å². The van der Waals surface area contributed by atoms with Crippen LogP contribution in [0.5, 0.6) is 0 Å². The molecule has 0 aromatic heterocycles. The van der Waals surface area contributed by atoms with E-state index in [9.17, 15) is 4.39 Å². The molecule has 0 saturated heterocycles. The van der Waals surface area contributed by atoms with Crippen LogP contribution in [0.4, 0.5) is 15.8 Å². The van der Waals surface area contributed by atoms with Crippen molar-refractivity contribution >= 4 is 11.4 Å². The van der Waals surface area contributed by atoms with E-state index in [0.29, 0.717) is 17.3 Å². The van der Waals surface area contributed by atoms with E-state index in [0.717, 1.165) is 12.1 Å². The second kappa shape index (κ2) is 5.73. The van der Waals surface area contributed by atoms with Crippen LogP contribution in [-0.4, -0.2) is 6.04 Å². The van der Waals surface area contributed by atoms with E-state index in [-0.39, 0.29) is 5.82 Å². The highest BCUT2D eigenvalue weighted by molar-refractivity contribution is 5.67. The fraction of sp³-hybridized carbons (Fsp3) is 0.538. The molecule has 0 saturated carbocycles. The van der Waals surface area contributed by atoms with Gasteiger partial charge in [0, 0.05) is 6.04 Å². The summed E-state index contributed by atoms with van der Waals surface area (Å²) in [5.74, 6) is -0.246. The van der Waals surface area contributed by atoms with E-state index in [1.807, 2.05) is 0 Å². The van der Waals surface area contributed by atoms with E-state index in [4.69, 9.17) is 5.73 Å². The molecule has 1 aromatic rings. The molecule has 0 radical (unpaired) electrons. The maximum absolute atomic E-state index is 13.2. The van der Waals surface area contributed by atoms with Gasteiger partial charge in [-0.2, -0.15) is 0 Å². The summed E-state index contributed by atoms with van der Waals surface area (Å²) >= 11 is 0. The smallest absolute Gasteiger partial charge is 0.128 e. The minimum Gasteiger partial charge on any atom is -0.397 e. The summed E-state index contributed by atoms with van der Waals surface area (Å²) in [5.41, 5.74) is 7.70. The van der Waals surface area contributed by atoms with E-state index in [1.54, 1.807) is 13.0 Å². The highest BCUT2D eigenvalue weighted by Gasteiger charge is 2.07. The maximum Gasteiger partial charge on any atom is 0.128 e.